The molecule has 1 aliphatic heterocycles. The fourth-order valence-electron chi connectivity index (χ4n) is 4.08. The SMILES string of the molecule is CC(=O)c1cc(F)ccc1OCC1CN(C(=O)c2cc(C)n(Cc3cccs3)c2C)CCO1. The van der Waals surface area contributed by atoms with Gasteiger partial charge in [0.1, 0.15) is 24.3 Å². The van der Waals surface area contributed by atoms with E-state index in [2.05, 4.69) is 16.0 Å². The third-order valence-corrected chi connectivity index (χ3v) is 6.73. The van der Waals surface area contributed by atoms with Crippen LogP contribution in [0.5, 0.6) is 5.75 Å². The van der Waals surface area contributed by atoms with Crippen LogP contribution in [0.15, 0.2) is 41.8 Å². The van der Waals surface area contributed by atoms with Gasteiger partial charge < -0.3 is 18.9 Å². The molecule has 1 amide bonds. The third kappa shape index (κ3) is 5.17. The van der Waals surface area contributed by atoms with Gasteiger partial charge in [-0.2, -0.15) is 0 Å². The van der Waals surface area contributed by atoms with Crippen LogP contribution in [-0.2, 0) is 11.3 Å². The van der Waals surface area contributed by atoms with Crippen molar-refractivity contribution in [3.05, 3.63) is 75.0 Å². The van der Waals surface area contributed by atoms with Gasteiger partial charge in [0.05, 0.1) is 30.8 Å². The van der Waals surface area contributed by atoms with Crippen LogP contribution in [0.1, 0.15) is 43.9 Å². The number of benzene rings is 1. The van der Waals surface area contributed by atoms with E-state index < -0.39 is 5.82 Å². The summed E-state index contributed by atoms with van der Waals surface area (Å²) in [4.78, 5) is 28.1. The van der Waals surface area contributed by atoms with Crippen LogP contribution < -0.4 is 4.74 Å². The van der Waals surface area contributed by atoms with Crippen molar-refractivity contribution in [3.8, 4) is 5.75 Å². The summed E-state index contributed by atoms with van der Waals surface area (Å²) in [5, 5.41) is 2.05. The van der Waals surface area contributed by atoms with Crippen molar-refractivity contribution in [3.63, 3.8) is 0 Å². The topological polar surface area (TPSA) is 60.8 Å². The summed E-state index contributed by atoms with van der Waals surface area (Å²) in [5.41, 5.74) is 2.88. The fraction of sp³-hybridized carbons (Fsp3) is 0.360. The number of halogens is 1. The van der Waals surface area contributed by atoms with E-state index in [1.54, 1.807) is 16.2 Å². The lowest BCUT2D eigenvalue weighted by Gasteiger charge is -2.33. The smallest absolute Gasteiger partial charge is 0.255 e. The summed E-state index contributed by atoms with van der Waals surface area (Å²) >= 11 is 1.70. The predicted octanol–water partition coefficient (Wildman–Crippen LogP) is 4.48. The fourth-order valence-corrected chi connectivity index (χ4v) is 4.77. The molecule has 6 nitrogen and oxygen atoms in total. The largest absolute Gasteiger partial charge is 0.490 e. The number of ketones is 1. The Morgan fingerprint density at radius 1 is 1.21 bits per heavy atom. The van der Waals surface area contributed by atoms with Crippen LogP contribution >= 0.6 is 11.3 Å². The van der Waals surface area contributed by atoms with Gasteiger partial charge in [0.25, 0.3) is 5.91 Å². The lowest BCUT2D eigenvalue weighted by molar-refractivity contribution is -0.0402. The highest BCUT2D eigenvalue weighted by Crippen LogP contribution is 2.23. The molecule has 0 radical (unpaired) electrons. The standard InChI is InChI=1S/C25H27FN2O4S/c1-16-11-22(17(2)28(16)14-21-5-4-10-33-21)25(30)27-8-9-31-20(13-27)15-32-24-7-6-19(26)12-23(24)18(3)29/h4-7,10-12,20H,8-9,13-15H2,1-3H3. The van der Waals surface area contributed by atoms with Crippen LogP contribution in [0.3, 0.4) is 0 Å². The van der Waals surface area contributed by atoms with Crippen molar-refractivity contribution in [1.29, 1.82) is 0 Å². The Labute approximate surface area is 196 Å². The molecule has 2 aromatic heterocycles. The number of aromatic nitrogens is 1. The molecule has 1 fully saturated rings. The van der Waals surface area contributed by atoms with Gasteiger partial charge in [0.15, 0.2) is 5.78 Å². The van der Waals surface area contributed by atoms with Crippen LogP contribution in [0.4, 0.5) is 4.39 Å². The second-order valence-electron chi connectivity index (χ2n) is 8.20. The summed E-state index contributed by atoms with van der Waals surface area (Å²) < 4.78 is 27.2. The first kappa shape index (κ1) is 23.2. The maximum atomic E-state index is 13.5. The molecule has 0 aliphatic carbocycles. The summed E-state index contributed by atoms with van der Waals surface area (Å²) in [6.07, 6.45) is -0.345. The van der Waals surface area contributed by atoms with Gasteiger partial charge in [0.2, 0.25) is 0 Å². The highest BCUT2D eigenvalue weighted by atomic mass is 32.1. The number of amides is 1. The van der Waals surface area contributed by atoms with Gasteiger partial charge in [0, 0.05) is 22.8 Å². The first-order valence-corrected chi connectivity index (χ1v) is 11.7. The van der Waals surface area contributed by atoms with E-state index in [4.69, 9.17) is 9.47 Å². The lowest BCUT2D eigenvalue weighted by atomic mass is 10.1. The lowest BCUT2D eigenvalue weighted by Crippen LogP contribution is -2.47. The minimum atomic E-state index is -0.491. The number of nitrogens with zero attached hydrogens (tertiary/aromatic N) is 2. The van der Waals surface area contributed by atoms with Gasteiger partial charge in [-0.1, -0.05) is 6.07 Å². The number of morpholine rings is 1. The number of hydrogen-bond acceptors (Lipinski definition) is 5. The zero-order valence-electron chi connectivity index (χ0n) is 19.0. The molecule has 3 heterocycles. The Hall–Kier alpha value is -2.97. The minimum absolute atomic E-state index is 0.0277. The molecule has 8 heteroatoms. The molecule has 1 aliphatic rings. The number of carbonyl (C=O) groups is 2. The number of aryl methyl sites for hydroxylation is 1. The van der Waals surface area contributed by atoms with E-state index in [1.165, 1.54) is 30.0 Å². The first-order chi connectivity index (χ1) is 15.8. The normalized spacial score (nSPS) is 16.1. The number of thiophene rings is 1. The van der Waals surface area contributed by atoms with Crippen LogP contribution in [-0.4, -0.2) is 53.6 Å². The molecule has 4 rings (SSSR count). The molecule has 1 saturated heterocycles. The summed E-state index contributed by atoms with van der Waals surface area (Å²) in [7, 11) is 0. The van der Waals surface area contributed by atoms with Crippen molar-refractivity contribution >= 4 is 23.0 Å². The predicted molar refractivity (Wildman–Crippen MR) is 125 cm³/mol. The molecule has 0 spiro atoms. The number of carbonyl (C=O) groups excluding carboxylic acids is 2. The van der Waals surface area contributed by atoms with E-state index in [0.717, 1.165) is 17.9 Å². The molecule has 0 N–H and O–H groups in total. The zero-order chi connectivity index (χ0) is 23.5. The van der Waals surface area contributed by atoms with E-state index in [1.807, 2.05) is 26.0 Å². The van der Waals surface area contributed by atoms with E-state index in [9.17, 15) is 14.0 Å². The molecule has 1 atom stereocenters. The third-order valence-electron chi connectivity index (χ3n) is 5.87. The first-order valence-electron chi connectivity index (χ1n) is 10.9. The van der Waals surface area contributed by atoms with Crippen LogP contribution in [0.25, 0.3) is 0 Å². The average Bonchev–Trinajstić information content (AvgIpc) is 3.41. The summed E-state index contributed by atoms with van der Waals surface area (Å²) in [5.74, 6) is -0.480. The van der Waals surface area contributed by atoms with E-state index >= 15 is 0 Å². The highest BCUT2D eigenvalue weighted by Gasteiger charge is 2.28. The molecular weight excluding hydrogens is 443 g/mol. The molecular formula is C25H27FN2O4S. The van der Waals surface area contributed by atoms with E-state index in [-0.39, 0.29) is 30.0 Å². The minimum Gasteiger partial charge on any atom is -0.490 e. The van der Waals surface area contributed by atoms with Gasteiger partial charge in [-0.25, -0.2) is 4.39 Å². The van der Waals surface area contributed by atoms with Gasteiger partial charge >= 0.3 is 0 Å². The Morgan fingerprint density at radius 3 is 2.76 bits per heavy atom. The van der Waals surface area contributed by atoms with Crippen molar-refractivity contribution in [2.45, 2.75) is 33.4 Å². The van der Waals surface area contributed by atoms with Crippen molar-refractivity contribution in [2.24, 2.45) is 0 Å². The van der Waals surface area contributed by atoms with E-state index in [0.29, 0.717) is 31.0 Å². The molecule has 0 bridgehead atoms. The molecule has 1 unspecified atom stereocenters. The number of hydrogen-bond donors (Lipinski definition) is 0. The average molecular weight is 471 g/mol. The molecule has 1 aromatic carbocycles. The van der Waals surface area contributed by atoms with Crippen molar-refractivity contribution < 1.29 is 23.5 Å². The highest BCUT2D eigenvalue weighted by molar-refractivity contribution is 7.09. The van der Waals surface area contributed by atoms with Gasteiger partial charge in [-0.05, 0) is 56.5 Å². The molecule has 0 saturated carbocycles. The van der Waals surface area contributed by atoms with Crippen LogP contribution in [0, 0.1) is 19.7 Å². The maximum absolute atomic E-state index is 13.5. The van der Waals surface area contributed by atoms with Crippen LogP contribution in [0.2, 0.25) is 0 Å². The summed E-state index contributed by atoms with van der Waals surface area (Å²) in [6.45, 7) is 7.55. The zero-order valence-corrected chi connectivity index (χ0v) is 19.8. The molecule has 174 valence electrons. The molecule has 33 heavy (non-hydrogen) atoms. The van der Waals surface area contributed by atoms with Gasteiger partial charge in [-0.15, -0.1) is 11.3 Å². The monoisotopic (exact) mass is 470 g/mol. The second kappa shape index (κ2) is 9.89. The van der Waals surface area contributed by atoms with Crippen molar-refractivity contribution in [2.75, 3.05) is 26.3 Å². The number of rotatable bonds is 7. The second-order valence-corrected chi connectivity index (χ2v) is 9.23. The molecule has 3 aromatic rings. The summed E-state index contributed by atoms with van der Waals surface area (Å²) in [6, 6.07) is 9.94. The number of ether oxygens (including phenoxy) is 2. The van der Waals surface area contributed by atoms with Crippen molar-refractivity contribution in [1.82, 2.24) is 9.47 Å². The number of Topliss-reactive ketones (excluding diaryl/α,β-unsaturated/α-hetero) is 1. The quantitative estimate of drug-likeness (QED) is 0.478. The Morgan fingerprint density at radius 2 is 2.03 bits per heavy atom. The Kier molecular flexibility index (Phi) is 6.95. The Balaban J connectivity index is 1.43. The maximum Gasteiger partial charge on any atom is 0.255 e. The van der Waals surface area contributed by atoms with Gasteiger partial charge in [-0.3, -0.25) is 9.59 Å². The Bertz CT molecular complexity index is 1160.